The molecule has 0 aliphatic rings. The van der Waals surface area contributed by atoms with Gasteiger partial charge < -0.3 is 10.1 Å². The zero-order chi connectivity index (χ0) is 12.8. The molecular formula is C12H13Cl2NO2. The van der Waals surface area contributed by atoms with Crippen molar-refractivity contribution in [1.29, 1.82) is 0 Å². The quantitative estimate of drug-likeness (QED) is 0.838. The highest BCUT2D eigenvalue weighted by Crippen LogP contribution is 2.24. The van der Waals surface area contributed by atoms with Crippen molar-refractivity contribution in [3.63, 3.8) is 0 Å². The highest BCUT2D eigenvalue weighted by Gasteiger charge is 2.13. The number of amides is 1. The Morgan fingerprint density at radius 2 is 2.06 bits per heavy atom. The van der Waals surface area contributed by atoms with Gasteiger partial charge in [0.05, 0.1) is 0 Å². The summed E-state index contributed by atoms with van der Waals surface area (Å²) < 4.78 is 5.42. The summed E-state index contributed by atoms with van der Waals surface area (Å²) in [4.78, 5) is 11.5. The topological polar surface area (TPSA) is 38.3 Å². The van der Waals surface area contributed by atoms with Crippen LogP contribution in [0.1, 0.15) is 6.92 Å². The van der Waals surface area contributed by atoms with Crippen molar-refractivity contribution < 1.29 is 9.53 Å². The molecule has 5 heteroatoms. The molecule has 0 aliphatic heterocycles. The van der Waals surface area contributed by atoms with Crippen LogP contribution in [0.5, 0.6) is 5.75 Å². The molecule has 0 saturated heterocycles. The maximum absolute atomic E-state index is 11.5. The predicted molar refractivity (Wildman–Crippen MR) is 69.8 cm³/mol. The molecule has 3 nitrogen and oxygen atoms in total. The van der Waals surface area contributed by atoms with E-state index in [4.69, 9.17) is 27.9 Å². The first-order chi connectivity index (χ1) is 8.02. The van der Waals surface area contributed by atoms with Crippen LogP contribution in [0.15, 0.2) is 30.9 Å². The summed E-state index contributed by atoms with van der Waals surface area (Å²) in [5.74, 6) is 0.241. The van der Waals surface area contributed by atoms with Gasteiger partial charge in [0.1, 0.15) is 5.75 Å². The number of benzene rings is 1. The number of rotatable bonds is 5. The van der Waals surface area contributed by atoms with E-state index < -0.39 is 6.10 Å². The second kappa shape index (κ2) is 6.52. The Morgan fingerprint density at radius 1 is 1.47 bits per heavy atom. The van der Waals surface area contributed by atoms with Crippen molar-refractivity contribution in [2.45, 2.75) is 13.0 Å². The molecule has 0 aliphatic carbocycles. The van der Waals surface area contributed by atoms with Crippen LogP contribution in [0.4, 0.5) is 0 Å². The van der Waals surface area contributed by atoms with Crippen LogP contribution in [-0.4, -0.2) is 18.6 Å². The van der Waals surface area contributed by atoms with E-state index in [1.807, 2.05) is 0 Å². The van der Waals surface area contributed by atoms with Crippen LogP contribution >= 0.6 is 23.2 Å². The fourth-order valence-electron chi connectivity index (χ4n) is 1.17. The number of hydrogen-bond acceptors (Lipinski definition) is 2. The lowest BCUT2D eigenvalue weighted by Gasteiger charge is -2.14. The standard InChI is InChI=1S/C12H13Cl2NO2/c1-3-4-15-12(16)8(2)17-11-6-9(13)5-10(14)7-11/h3,5-8H,1,4H2,2H3,(H,15,16). The molecule has 1 unspecified atom stereocenters. The maximum atomic E-state index is 11.5. The molecule has 0 heterocycles. The smallest absolute Gasteiger partial charge is 0.261 e. The summed E-state index contributed by atoms with van der Waals surface area (Å²) in [6.07, 6.45) is 0.977. The van der Waals surface area contributed by atoms with Gasteiger partial charge in [0.25, 0.3) is 5.91 Å². The number of ether oxygens (including phenoxy) is 1. The summed E-state index contributed by atoms with van der Waals surface area (Å²) in [6.45, 7) is 5.56. The minimum Gasteiger partial charge on any atom is -0.481 e. The molecule has 0 radical (unpaired) electrons. The molecular weight excluding hydrogens is 261 g/mol. The van der Waals surface area contributed by atoms with Crippen LogP contribution < -0.4 is 10.1 Å². The number of carbonyl (C=O) groups excluding carboxylic acids is 1. The zero-order valence-corrected chi connectivity index (χ0v) is 10.9. The van der Waals surface area contributed by atoms with Gasteiger partial charge in [-0.05, 0) is 25.1 Å². The van der Waals surface area contributed by atoms with E-state index in [0.717, 1.165) is 0 Å². The van der Waals surface area contributed by atoms with E-state index in [1.54, 1.807) is 31.2 Å². The molecule has 0 fully saturated rings. The third-order valence-electron chi connectivity index (χ3n) is 1.94. The number of halogens is 2. The SMILES string of the molecule is C=CCNC(=O)C(C)Oc1cc(Cl)cc(Cl)c1. The summed E-state index contributed by atoms with van der Waals surface area (Å²) in [5.41, 5.74) is 0. The van der Waals surface area contributed by atoms with Gasteiger partial charge in [0.2, 0.25) is 0 Å². The van der Waals surface area contributed by atoms with Crippen LogP contribution in [0, 0.1) is 0 Å². The fraction of sp³-hybridized carbons (Fsp3) is 0.250. The number of hydrogen-bond donors (Lipinski definition) is 1. The number of nitrogens with one attached hydrogen (secondary N) is 1. The normalized spacial score (nSPS) is 11.7. The van der Waals surface area contributed by atoms with Gasteiger partial charge in [-0.3, -0.25) is 4.79 Å². The Balaban J connectivity index is 2.63. The summed E-state index contributed by atoms with van der Waals surface area (Å²) >= 11 is 11.6. The van der Waals surface area contributed by atoms with Gasteiger partial charge in [0.15, 0.2) is 6.10 Å². The second-order valence-corrected chi connectivity index (χ2v) is 4.27. The minimum atomic E-state index is -0.621. The molecule has 1 N–H and O–H groups in total. The van der Waals surface area contributed by atoms with Crippen LogP contribution in [0.2, 0.25) is 10.0 Å². The van der Waals surface area contributed by atoms with E-state index in [1.165, 1.54) is 0 Å². The Hall–Kier alpha value is -1.19. The Bertz CT molecular complexity index is 401. The van der Waals surface area contributed by atoms with Crippen molar-refractivity contribution in [1.82, 2.24) is 5.32 Å². The summed E-state index contributed by atoms with van der Waals surface area (Å²) in [6, 6.07) is 4.80. The molecule has 0 bridgehead atoms. The largest absolute Gasteiger partial charge is 0.481 e. The summed E-state index contributed by atoms with van der Waals surface area (Å²) in [5, 5.41) is 3.56. The summed E-state index contributed by atoms with van der Waals surface area (Å²) in [7, 11) is 0. The van der Waals surface area contributed by atoms with Gasteiger partial charge >= 0.3 is 0 Å². The average Bonchev–Trinajstić information content (AvgIpc) is 2.24. The average molecular weight is 274 g/mol. The lowest BCUT2D eigenvalue weighted by atomic mass is 10.3. The highest BCUT2D eigenvalue weighted by atomic mass is 35.5. The zero-order valence-electron chi connectivity index (χ0n) is 9.37. The first-order valence-corrected chi connectivity index (χ1v) is 5.80. The molecule has 1 aromatic rings. The van der Waals surface area contributed by atoms with Crippen molar-refractivity contribution in [3.05, 3.63) is 40.9 Å². The Morgan fingerprint density at radius 3 is 2.59 bits per heavy atom. The molecule has 92 valence electrons. The van der Waals surface area contributed by atoms with E-state index >= 15 is 0 Å². The Kier molecular flexibility index (Phi) is 5.32. The predicted octanol–water partition coefficient (Wildman–Crippen LogP) is 3.06. The fourth-order valence-corrected chi connectivity index (χ4v) is 1.68. The molecule has 1 amide bonds. The first-order valence-electron chi connectivity index (χ1n) is 5.04. The lowest BCUT2D eigenvalue weighted by Crippen LogP contribution is -2.36. The molecule has 0 spiro atoms. The third-order valence-corrected chi connectivity index (χ3v) is 2.38. The third kappa shape index (κ3) is 4.67. The van der Waals surface area contributed by atoms with Crippen LogP contribution in [0.3, 0.4) is 0 Å². The molecule has 1 aromatic carbocycles. The highest BCUT2D eigenvalue weighted by molar-refractivity contribution is 6.34. The lowest BCUT2D eigenvalue weighted by molar-refractivity contribution is -0.127. The van der Waals surface area contributed by atoms with Crippen molar-refractivity contribution in [2.75, 3.05) is 6.54 Å². The van der Waals surface area contributed by atoms with Crippen LogP contribution in [0.25, 0.3) is 0 Å². The second-order valence-electron chi connectivity index (χ2n) is 3.40. The van der Waals surface area contributed by atoms with Crippen LogP contribution in [-0.2, 0) is 4.79 Å². The number of carbonyl (C=O) groups is 1. The first kappa shape index (κ1) is 13.9. The van der Waals surface area contributed by atoms with Crippen molar-refractivity contribution in [2.24, 2.45) is 0 Å². The maximum Gasteiger partial charge on any atom is 0.261 e. The molecule has 0 aromatic heterocycles. The van der Waals surface area contributed by atoms with Gasteiger partial charge in [-0.2, -0.15) is 0 Å². The van der Waals surface area contributed by atoms with Gasteiger partial charge in [0, 0.05) is 16.6 Å². The van der Waals surface area contributed by atoms with E-state index in [0.29, 0.717) is 22.3 Å². The van der Waals surface area contributed by atoms with Crippen molar-refractivity contribution in [3.8, 4) is 5.75 Å². The molecule has 1 atom stereocenters. The Labute approximate surface area is 110 Å². The van der Waals surface area contributed by atoms with Gasteiger partial charge in [-0.25, -0.2) is 0 Å². The van der Waals surface area contributed by atoms with Gasteiger partial charge in [-0.1, -0.05) is 29.3 Å². The molecule has 17 heavy (non-hydrogen) atoms. The van der Waals surface area contributed by atoms with E-state index in [9.17, 15) is 4.79 Å². The monoisotopic (exact) mass is 273 g/mol. The van der Waals surface area contributed by atoms with Gasteiger partial charge in [-0.15, -0.1) is 6.58 Å². The van der Waals surface area contributed by atoms with E-state index in [-0.39, 0.29) is 5.91 Å². The molecule has 1 rings (SSSR count). The van der Waals surface area contributed by atoms with E-state index in [2.05, 4.69) is 11.9 Å². The van der Waals surface area contributed by atoms with Crippen molar-refractivity contribution >= 4 is 29.1 Å². The minimum absolute atomic E-state index is 0.221. The molecule has 0 saturated carbocycles.